The van der Waals surface area contributed by atoms with E-state index in [9.17, 15) is 9.59 Å². The van der Waals surface area contributed by atoms with E-state index in [1.807, 2.05) is 50.3 Å². The van der Waals surface area contributed by atoms with Crippen molar-refractivity contribution in [3.8, 4) is 23.0 Å². The Balaban J connectivity index is 1.39. The molecule has 1 atom stereocenters. The van der Waals surface area contributed by atoms with Crippen LogP contribution >= 0.6 is 33.9 Å². The number of hydrogen-bond acceptors (Lipinski definition) is 9. The third-order valence-electron chi connectivity index (χ3n) is 8.13. The van der Waals surface area contributed by atoms with E-state index in [2.05, 4.69) is 52.9 Å². The number of halogens is 1. The first-order valence-corrected chi connectivity index (χ1v) is 18.0. The van der Waals surface area contributed by atoms with Crippen molar-refractivity contribution < 1.29 is 28.5 Å². The van der Waals surface area contributed by atoms with Crippen molar-refractivity contribution in [1.82, 2.24) is 4.57 Å². The molecular formula is C39H37IN2O7S. The van der Waals surface area contributed by atoms with Gasteiger partial charge in [-0.25, -0.2) is 9.79 Å². The molecule has 11 heteroatoms. The van der Waals surface area contributed by atoms with Crippen LogP contribution in [0.25, 0.3) is 16.8 Å². The van der Waals surface area contributed by atoms with Crippen LogP contribution in [-0.2, 0) is 16.1 Å². The Kier molecular flexibility index (Phi) is 10.6. The predicted molar refractivity (Wildman–Crippen MR) is 203 cm³/mol. The highest BCUT2D eigenvalue weighted by molar-refractivity contribution is 14.1. The summed E-state index contributed by atoms with van der Waals surface area (Å²) in [5.74, 6) is 1.68. The van der Waals surface area contributed by atoms with Crippen molar-refractivity contribution in [1.29, 1.82) is 0 Å². The molecule has 6 rings (SSSR count). The minimum atomic E-state index is -0.796. The molecule has 0 bridgehead atoms. The molecule has 4 aromatic carbocycles. The molecule has 2 heterocycles. The smallest absolute Gasteiger partial charge is 0.338 e. The molecule has 1 aliphatic heterocycles. The molecule has 258 valence electrons. The van der Waals surface area contributed by atoms with Gasteiger partial charge in [0.2, 0.25) is 0 Å². The Morgan fingerprint density at radius 2 is 1.74 bits per heavy atom. The van der Waals surface area contributed by atoms with Crippen molar-refractivity contribution >= 4 is 56.7 Å². The number of nitrogens with zero attached hydrogens (tertiary/aromatic N) is 2. The maximum absolute atomic E-state index is 14.3. The lowest BCUT2D eigenvalue weighted by Crippen LogP contribution is -2.40. The summed E-state index contributed by atoms with van der Waals surface area (Å²) in [4.78, 5) is 32.8. The summed E-state index contributed by atoms with van der Waals surface area (Å²) in [6.45, 7) is 7.91. The Hall–Kier alpha value is -4.62. The number of thiazole rings is 1. The van der Waals surface area contributed by atoms with Crippen molar-refractivity contribution in [2.75, 3.05) is 20.8 Å². The number of benzene rings is 4. The number of aromatic nitrogens is 1. The van der Waals surface area contributed by atoms with Crippen LogP contribution in [0.4, 0.5) is 0 Å². The van der Waals surface area contributed by atoms with Crippen LogP contribution in [0.2, 0.25) is 0 Å². The molecule has 1 aromatic heterocycles. The lowest BCUT2D eigenvalue weighted by molar-refractivity contribution is -0.139. The number of carbonyl (C=O) groups excluding carboxylic acids is 1. The van der Waals surface area contributed by atoms with E-state index in [4.69, 9.17) is 28.7 Å². The molecule has 0 amide bonds. The van der Waals surface area contributed by atoms with E-state index in [1.54, 1.807) is 44.8 Å². The van der Waals surface area contributed by atoms with Gasteiger partial charge in [-0.3, -0.25) is 9.36 Å². The lowest BCUT2D eigenvalue weighted by Gasteiger charge is -2.25. The second kappa shape index (κ2) is 15.1. The molecule has 0 saturated carbocycles. The van der Waals surface area contributed by atoms with Gasteiger partial charge in [0.25, 0.3) is 5.56 Å². The first-order valence-electron chi connectivity index (χ1n) is 16.1. The van der Waals surface area contributed by atoms with Crippen LogP contribution in [0.5, 0.6) is 23.0 Å². The highest BCUT2D eigenvalue weighted by Crippen LogP contribution is 2.37. The number of hydrogen-bond donors (Lipinski definition) is 0. The predicted octanol–water partition coefficient (Wildman–Crippen LogP) is 6.94. The standard InChI is InChI=1S/C39H37IN2O7S/c1-7-47-38(44)34-23(4)41-39-42(35(34)28-14-15-30(49-22(2)3)31(20-28)45-5)37(43)33(50-39)19-25-17-29(40)36(32(18-25)46-6)48-21-24-12-13-26-10-8-9-11-27(26)16-24/h8-20,22,35H,7,21H2,1-6H3/b33-19-/t35-/m1/s1. The number of ether oxygens (including phenoxy) is 5. The zero-order chi connectivity index (χ0) is 35.5. The van der Waals surface area contributed by atoms with E-state index in [0.717, 1.165) is 20.1 Å². The first-order chi connectivity index (χ1) is 24.1. The van der Waals surface area contributed by atoms with E-state index in [1.165, 1.54) is 16.7 Å². The third-order valence-corrected chi connectivity index (χ3v) is 9.91. The van der Waals surface area contributed by atoms with Crippen LogP contribution in [0.3, 0.4) is 0 Å². The number of fused-ring (bicyclic) bond motifs is 2. The lowest BCUT2D eigenvalue weighted by atomic mass is 9.95. The molecule has 0 spiro atoms. The first kappa shape index (κ1) is 35.2. The van der Waals surface area contributed by atoms with Crippen LogP contribution < -0.4 is 33.8 Å². The van der Waals surface area contributed by atoms with Gasteiger partial charge in [-0.15, -0.1) is 0 Å². The SMILES string of the molecule is CCOC(=O)C1=C(C)N=c2s/c(=C\c3cc(I)c(OCc4ccc5ccccc5c4)c(OC)c3)c(=O)n2[C@@H]1c1ccc(OC(C)C)c(OC)c1. The number of rotatable bonds is 11. The third kappa shape index (κ3) is 7.15. The number of carbonyl (C=O) groups is 1. The minimum absolute atomic E-state index is 0.0726. The average molecular weight is 805 g/mol. The Labute approximate surface area is 307 Å². The Morgan fingerprint density at radius 1 is 0.980 bits per heavy atom. The summed E-state index contributed by atoms with van der Waals surface area (Å²) < 4.78 is 31.9. The average Bonchev–Trinajstić information content (AvgIpc) is 3.40. The van der Waals surface area contributed by atoms with Crippen LogP contribution in [0.1, 0.15) is 50.4 Å². The largest absolute Gasteiger partial charge is 0.493 e. The van der Waals surface area contributed by atoms with Crippen molar-refractivity contribution in [3.05, 3.63) is 124 Å². The minimum Gasteiger partial charge on any atom is -0.493 e. The molecule has 0 N–H and O–H groups in total. The van der Waals surface area contributed by atoms with Gasteiger partial charge in [0.1, 0.15) is 6.61 Å². The zero-order valence-corrected chi connectivity index (χ0v) is 31.6. The van der Waals surface area contributed by atoms with Gasteiger partial charge < -0.3 is 23.7 Å². The summed E-state index contributed by atoms with van der Waals surface area (Å²) >= 11 is 3.47. The van der Waals surface area contributed by atoms with Gasteiger partial charge >= 0.3 is 5.97 Å². The second-order valence-electron chi connectivity index (χ2n) is 11.9. The van der Waals surface area contributed by atoms with Crippen molar-refractivity contribution in [3.63, 3.8) is 0 Å². The van der Waals surface area contributed by atoms with E-state index in [0.29, 0.717) is 50.2 Å². The summed E-state index contributed by atoms with van der Waals surface area (Å²) in [6, 6.07) is 22.9. The molecule has 0 unspecified atom stereocenters. The fourth-order valence-electron chi connectivity index (χ4n) is 5.91. The molecule has 0 saturated heterocycles. The highest BCUT2D eigenvalue weighted by atomic mass is 127. The monoisotopic (exact) mass is 804 g/mol. The maximum Gasteiger partial charge on any atom is 0.338 e. The highest BCUT2D eigenvalue weighted by Gasteiger charge is 2.34. The van der Waals surface area contributed by atoms with Gasteiger partial charge in [0.15, 0.2) is 27.8 Å². The summed E-state index contributed by atoms with van der Waals surface area (Å²) in [5.41, 5.74) is 2.93. The molecule has 9 nitrogen and oxygen atoms in total. The van der Waals surface area contributed by atoms with Crippen molar-refractivity contribution in [2.24, 2.45) is 4.99 Å². The van der Waals surface area contributed by atoms with Gasteiger partial charge in [-0.2, -0.15) is 0 Å². The second-order valence-corrected chi connectivity index (χ2v) is 14.1. The van der Waals surface area contributed by atoms with Gasteiger partial charge in [0, 0.05) is 0 Å². The maximum atomic E-state index is 14.3. The van der Waals surface area contributed by atoms with E-state index in [-0.39, 0.29) is 23.8 Å². The molecule has 5 aromatic rings. The summed E-state index contributed by atoms with van der Waals surface area (Å²) in [5, 5.41) is 2.32. The van der Waals surface area contributed by atoms with Gasteiger partial charge in [-0.05, 0) is 114 Å². The fraction of sp³-hybridized carbons (Fsp3) is 0.256. The Bertz CT molecular complexity index is 2310. The molecule has 0 fully saturated rings. The van der Waals surface area contributed by atoms with Gasteiger partial charge in [-0.1, -0.05) is 53.8 Å². The Morgan fingerprint density at radius 3 is 2.46 bits per heavy atom. The molecule has 1 aliphatic rings. The van der Waals surface area contributed by atoms with E-state index >= 15 is 0 Å². The number of allylic oxidation sites excluding steroid dienone is 1. The zero-order valence-electron chi connectivity index (χ0n) is 28.6. The fourth-order valence-corrected chi connectivity index (χ4v) is 7.74. The number of methoxy groups -OCH3 is 2. The molecule has 0 aliphatic carbocycles. The molecule has 0 radical (unpaired) electrons. The van der Waals surface area contributed by atoms with Gasteiger partial charge in [0.05, 0.1) is 52.3 Å². The molecular weight excluding hydrogens is 767 g/mol. The van der Waals surface area contributed by atoms with Crippen LogP contribution in [-0.4, -0.2) is 37.5 Å². The van der Waals surface area contributed by atoms with Crippen molar-refractivity contribution in [2.45, 2.75) is 46.4 Å². The number of esters is 1. The summed E-state index contributed by atoms with van der Waals surface area (Å²) in [7, 11) is 3.15. The normalized spacial score (nSPS) is 14.4. The van der Waals surface area contributed by atoms with Crippen LogP contribution in [0.15, 0.2) is 93.9 Å². The quantitative estimate of drug-likeness (QED) is 0.106. The molecule has 50 heavy (non-hydrogen) atoms. The van der Waals surface area contributed by atoms with Crippen LogP contribution in [0, 0.1) is 3.57 Å². The van der Waals surface area contributed by atoms with E-state index < -0.39 is 12.0 Å². The topological polar surface area (TPSA) is 97.6 Å². The summed E-state index contributed by atoms with van der Waals surface area (Å²) in [6.07, 6.45) is 1.74.